The number of nitrogens with zero attached hydrogens (tertiary/aromatic N) is 2. The fourth-order valence-electron chi connectivity index (χ4n) is 0.805. The number of hydrogen-bond donors (Lipinski definition) is 3. The maximum Gasteiger partial charge on any atom is 0.141 e. The summed E-state index contributed by atoms with van der Waals surface area (Å²) in [7, 11) is 1.73. The molecular weight excluding hydrogens is 269 g/mol. The van der Waals surface area contributed by atoms with Crippen molar-refractivity contribution in [2.24, 2.45) is 0 Å². The first-order valence-electron chi connectivity index (χ1n) is 3.19. The van der Waals surface area contributed by atoms with E-state index in [1.807, 2.05) is 22.6 Å². The average Bonchev–Trinajstić information content (AvgIpc) is 2.03. The van der Waals surface area contributed by atoms with Crippen LogP contribution < -0.4 is 11.1 Å². The SMILES string of the molecule is CNc1ncnc(N)c1C(=N)I. The minimum atomic E-state index is 0.328. The molecule has 4 N–H and O–H groups in total. The van der Waals surface area contributed by atoms with E-state index in [0.717, 1.165) is 0 Å². The van der Waals surface area contributed by atoms with Crippen molar-refractivity contribution in [1.82, 2.24) is 9.97 Å². The number of halogens is 1. The smallest absolute Gasteiger partial charge is 0.141 e. The van der Waals surface area contributed by atoms with Crippen LogP contribution in [0.5, 0.6) is 0 Å². The van der Waals surface area contributed by atoms with E-state index < -0.39 is 0 Å². The van der Waals surface area contributed by atoms with Gasteiger partial charge >= 0.3 is 0 Å². The van der Waals surface area contributed by atoms with Crippen molar-refractivity contribution < 1.29 is 0 Å². The topological polar surface area (TPSA) is 87.7 Å². The number of nitrogens with two attached hydrogens (primary N) is 1. The van der Waals surface area contributed by atoms with E-state index in [0.29, 0.717) is 20.9 Å². The van der Waals surface area contributed by atoms with Crippen LogP contribution in [0.25, 0.3) is 0 Å². The van der Waals surface area contributed by atoms with Crippen molar-refractivity contribution in [2.45, 2.75) is 0 Å². The molecule has 0 amide bonds. The predicted octanol–water partition coefficient (Wildman–Crippen LogP) is 0.861. The molecule has 0 aromatic carbocycles. The number of hydrogen-bond acceptors (Lipinski definition) is 5. The number of anilines is 2. The quantitative estimate of drug-likeness (QED) is 0.552. The van der Waals surface area contributed by atoms with Crippen LogP contribution in [0.15, 0.2) is 6.33 Å². The van der Waals surface area contributed by atoms with Crippen molar-refractivity contribution >= 4 is 37.9 Å². The summed E-state index contributed by atoms with van der Waals surface area (Å²) in [6.07, 6.45) is 1.37. The van der Waals surface area contributed by atoms with Gasteiger partial charge in [0.05, 0.1) is 5.56 Å². The molecule has 64 valence electrons. The zero-order valence-electron chi connectivity index (χ0n) is 6.43. The van der Waals surface area contributed by atoms with Gasteiger partial charge in [-0.05, 0) is 22.6 Å². The number of nitrogens with one attached hydrogen (secondary N) is 2. The lowest BCUT2D eigenvalue weighted by Crippen LogP contribution is -2.06. The zero-order valence-corrected chi connectivity index (χ0v) is 8.58. The second kappa shape index (κ2) is 3.65. The largest absolute Gasteiger partial charge is 0.383 e. The highest BCUT2D eigenvalue weighted by atomic mass is 127. The van der Waals surface area contributed by atoms with Crippen LogP contribution in [0.3, 0.4) is 0 Å². The number of nitrogen functional groups attached to an aromatic ring is 1. The Morgan fingerprint density at radius 2 is 2.33 bits per heavy atom. The molecule has 1 aromatic heterocycles. The molecule has 0 unspecified atom stereocenters. The molecule has 1 rings (SSSR count). The summed E-state index contributed by atoms with van der Waals surface area (Å²) < 4.78 is 0.329. The van der Waals surface area contributed by atoms with Crippen LogP contribution in [0.1, 0.15) is 5.56 Å². The van der Waals surface area contributed by atoms with Crippen LogP contribution in [0, 0.1) is 5.41 Å². The third-order valence-electron chi connectivity index (χ3n) is 1.33. The van der Waals surface area contributed by atoms with Gasteiger partial charge in [0.15, 0.2) is 0 Å². The van der Waals surface area contributed by atoms with Crippen LogP contribution in [-0.4, -0.2) is 20.7 Å². The maximum atomic E-state index is 7.41. The number of rotatable bonds is 2. The zero-order chi connectivity index (χ0) is 9.14. The van der Waals surface area contributed by atoms with E-state index in [4.69, 9.17) is 11.1 Å². The molecule has 0 radical (unpaired) electrons. The molecule has 0 aliphatic carbocycles. The van der Waals surface area contributed by atoms with Crippen molar-refractivity contribution in [3.05, 3.63) is 11.9 Å². The minimum Gasteiger partial charge on any atom is -0.383 e. The highest BCUT2D eigenvalue weighted by molar-refractivity contribution is 14.1. The van der Waals surface area contributed by atoms with E-state index in [1.54, 1.807) is 7.05 Å². The van der Waals surface area contributed by atoms with Gasteiger partial charge in [-0.1, -0.05) is 0 Å². The predicted molar refractivity (Wildman–Crippen MR) is 56.8 cm³/mol. The Morgan fingerprint density at radius 1 is 1.67 bits per heavy atom. The van der Waals surface area contributed by atoms with Gasteiger partial charge in [-0.25, -0.2) is 9.97 Å². The van der Waals surface area contributed by atoms with E-state index in [9.17, 15) is 0 Å². The molecule has 0 aliphatic heterocycles. The Kier molecular flexibility index (Phi) is 2.79. The van der Waals surface area contributed by atoms with Crippen molar-refractivity contribution in [3.8, 4) is 0 Å². The summed E-state index contributed by atoms with van der Waals surface area (Å²) in [6, 6.07) is 0. The summed E-state index contributed by atoms with van der Waals surface area (Å²) in [5, 5.41) is 10.2. The lowest BCUT2D eigenvalue weighted by molar-refractivity contribution is 1.16. The van der Waals surface area contributed by atoms with Crippen molar-refractivity contribution in [3.63, 3.8) is 0 Å². The average molecular weight is 277 g/mol. The fraction of sp³-hybridized carbons (Fsp3) is 0.167. The molecule has 0 fully saturated rings. The van der Waals surface area contributed by atoms with Crippen LogP contribution in [0.2, 0.25) is 0 Å². The molecule has 12 heavy (non-hydrogen) atoms. The van der Waals surface area contributed by atoms with Crippen LogP contribution in [0.4, 0.5) is 11.6 Å². The van der Waals surface area contributed by atoms with Gasteiger partial charge in [-0.3, -0.25) is 5.41 Å². The summed E-state index contributed by atoms with van der Waals surface area (Å²) in [5.41, 5.74) is 6.12. The highest BCUT2D eigenvalue weighted by Crippen LogP contribution is 2.19. The molecule has 0 aliphatic rings. The summed E-state index contributed by atoms with van der Waals surface area (Å²) in [6.45, 7) is 0. The third kappa shape index (κ3) is 1.63. The van der Waals surface area contributed by atoms with Gasteiger partial charge in [0.25, 0.3) is 0 Å². The van der Waals surface area contributed by atoms with Gasteiger partial charge < -0.3 is 11.1 Å². The van der Waals surface area contributed by atoms with Gasteiger partial charge in [0, 0.05) is 7.05 Å². The molecule has 0 saturated carbocycles. The fourth-order valence-corrected chi connectivity index (χ4v) is 1.34. The Morgan fingerprint density at radius 3 is 2.75 bits per heavy atom. The van der Waals surface area contributed by atoms with Crippen molar-refractivity contribution in [2.75, 3.05) is 18.1 Å². The van der Waals surface area contributed by atoms with E-state index in [2.05, 4.69) is 15.3 Å². The molecule has 0 saturated heterocycles. The Labute approximate surface area is 83.4 Å². The molecule has 0 atom stereocenters. The lowest BCUT2D eigenvalue weighted by atomic mass is 10.3. The van der Waals surface area contributed by atoms with Gasteiger partial charge in [0.1, 0.15) is 21.7 Å². The number of aromatic nitrogens is 2. The molecule has 1 heterocycles. The monoisotopic (exact) mass is 277 g/mol. The lowest BCUT2D eigenvalue weighted by Gasteiger charge is -2.06. The van der Waals surface area contributed by atoms with E-state index >= 15 is 0 Å². The molecular formula is C6H8IN5. The van der Waals surface area contributed by atoms with Gasteiger partial charge in [-0.15, -0.1) is 0 Å². The normalized spacial score (nSPS) is 9.50. The molecule has 0 spiro atoms. The summed E-state index contributed by atoms with van der Waals surface area (Å²) in [4.78, 5) is 7.72. The third-order valence-corrected chi connectivity index (χ3v) is 1.87. The molecule has 0 bridgehead atoms. The van der Waals surface area contributed by atoms with Gasteiger partial charge in [-0.2, -0.15) is 0 Å². The Bertz CT molecular complexity index is 311. The van der Waals surface area contributed by atoms with Crippen molar-refractivity contribution in [1.29, 1.82) is 5.41 Å². The molecule has 5 nitrogen and oxygen atoms in total. The Hall–Kier alpha value is -0.920. The second-order valence-corrected chi connectivity index (χ2v) is 3.13. The molecule has 1 aromatic rings. The Balaban J connectivity index is 3.29. The first-order chi connectivity index (χ1) is 5.66. The molecule has 6 heteroatoms. The van der Waals surface area contributed by atoms with E-state index in [1.165, 1.54) is 6.33 Å². The first kappa shape index (κ1) is 9.17. The van der Waals surface area contributed by atoms with Gasteiger partial charge in [0.2, 0.25) is 0 Å². The maximum absolute atomic E-state index is 7.41. The standard InChI is InChI=1S/C6H8IN5/c1-10-6-3(4(7)8)5(9)11-2-12-6/h2,8H,1H3,(H3,9,10,11,12). The van der Waals surface area contributed by atoms with Crippen LogP contribution >= 0.6 is 22.6 Å². The van der Waals surface area contributed by atoms with Crippen LogP contribution in [-0.2, 0) is 0 Å². The second-order valence-electron chi connectivity index (χ2n) is 2.05. The summed E-state index contributed by atoms with van der Waals surface area (Å²) >= 11 is 1.87. The highest BCUT2D eigenvalue weighted by Gasteiger charge is 2.10. The summed E-state index contributed by atoms with van der Waals surface area (Å²) in [5.74, 6) is 0.913. The minimum absolute atomic E-state index is 0.328. The van der Waals surface area contributed by atoms with E-state index in [-0.39, 0.29) is 0 Å². The first-order valence-corrected chi connectivity index (χ1v) is 4.27.